The van der Waals surface area contributed by atoms with E-state index in [0.717, 1.165) is 30.6 Å². The summed E-state index contributed by atoms with van der Waals surface area (Å²) in [4.78, 5) is 12.7. The van der Waals surface area contributed by atoms with Crippen molar-refractivity contribution in [2.45, 2.75) is 38.8 Å². The van der Waals surface area contributed by atoms with E-state index >= 15 is 0 Å². The van der Waals surface area contributed by atoms with Gasteiger partial charge in [-0.2, -0.15) is 13.2 Å². The van der Waals surface area contributed by atoms with Gasteiger partial charge in [0.05, 0.1) is 11.8 Å². The summed E-state index contributed by atoms with van der Waals surface area (Å²) in [5, 5.41) is 0.682. The normalized spacial score (nSPS) is 11.6. The zero-order chi connectivity index (χ0) is 21.0. The van der Waals surface area contributed by atoms with Gasteiger partial charge in [-0.1, -0.05) is 49.8 Å². The van der Waals surface area contributed by atoms with Gasteiger partial charge in [-0.15, -0.1) is 0 Å². The van der Waals surface area contributed by atoms with Crippen molar-refractivity contribution in [2.24, 2.45) is 0 Å². The molecule has 0 atom stereocenters. The molecule has 0 bridgehead atoms. The lowest BCUT2D eigenvalue weighted by Gasteiger charge is -2.15. The average Bonchev–Trinajstić information content (AvgIpc) is 2.67. The van der Waals surface area contributed by atoms with E-state index in [1.807, 2.05) is 6.92 Å². The highest BCUT2D eigenvalue weighted by atomic mass is 32.1. The van der Waals surface area contributed by atoms with Gasteiger partial charge in [-0.05, 0) is 59.7 Å². The summed E-state index contributed by atoms with van der Waals surface area (Å²) in [6.07, 6.45) is 0.139. The van der Waals surface area contributed by atoms with Gasteiger partial charge in [0.2, 0.25) is 4.74 Å². The van der Waals surface area contributed by atoms with Crippen LogP contribution in [0.4, 0.5) is 13.2 Å². The standard InChI is InChI=1S/C23H21F3O2S/c1-3-5-6-7-15-8-11-18(20(12-15)23(24,25)26)19-13-16-9-10-17(28-4-2)14-21(16)29-22(19)27/h4,8-14H,2-3,5-7H2,1H3. The van der Waals surface area contributed by atoms with Gasteiger partial charge in [0.15, 0.2) is 0 Å². The van der Waals surface area contributed by atoms with Gasteiger partial charge >= 0.3 is 6.18 Å². The van der Waals surface area contributed by atoms with E-state index in [4.69, 9.17) is 4.74 Å². The highest BCUT2D eigenvalue weighted by molar-refractivity contribution is 7.16. The number of unbranched alkanes of at least 4 members (excludes halogenated alkanes) is 2. The van der Waals surface area contributed by atoms with E-state index in [0.29, 0.717) is 27.8 Å². The summed E-state index contributed by atoms with van der Waals surface area (Å²) in [7, 11) is 0. The van der Waals surface area contributed by atoms with Crippen LogP contribution in [0.3, 0.4) is 0 Å². The first kappa shape index (κ1) is 21.1. The smallest absolute Gasteiger partial charge is 0.417 e. The molecule has 0 unspecified atom stereocenters. The zero-order valence-corrected chi connectivity index (χ0v) is 16.8. The minimum atomic E-state index is -4.54. The van der Waals surface area contributed by atoms with Crippen molar-refractivity contribution in [3.63, 3.8) is 0 Å². The summed E-state index contributed by atoms with van der Waals surface area (Å²) < 4.78 is 46.7. The second-order valence-electron chi connectivity index (χ2n) is 6.77. The maximum absolute atomic E-state index is 13.8. The molecular formula is C23H21F3O2S. The van der Waals surface area contributed by atoms with Crippen molar-refractivity contribution in [1.29, 1.82) is 0 Å². The number of benzene rings is 2. The minimum Gasteiger partial charge on any atom is -0.466 e. The Morgan fingerprint density at radius 1 is 1.07 bits per heavy atom. The van der Waals surface area contributed by atoms with Crippen molar-refractivity contribution in [1.82, 2.24) is 0 Å². The summed E-state index contributed by atoms with van der Waals surface area (Å²) in [6, 6.07) is 10.9. The zero-order valence-electron chi connectivity index (χ0n) is 16.0. The molecular weight excluding hydrogens is 397 g/mol. The Morgan fingerprint density at radius 2 is 1.86 bits per heavy atom. The summed E-state index contributed by atoms with van der Waals surface area (Å²) in [5.41, 5.74) is -0.141. The first-order valence-corrected chi connectivity index (χ1v) is 10.2. The van der Waals surface area contributed by atoms with Crippen LogP contribution in [0.15, 0.2) is 60.1 Å². The predicted molar refractivity (Wildman–Crippen MR) is 113 cm³/mol. The lowest BCUT2D eigenvalue weighted by atomic mass is 9.96. The van der Waals surface area contributed by atoms with E-state index in [2.05, 4.69) is 6.58 Å². The number of alkyl halides is 3. The lowest BCUT2D eigenvalue weighted by molar-refractivity contribution is -0.137. The fraction of sp³-hybridized carbons (Fsp3) is 0.261. The molecule has 6 heteroatoms. The van der Waals surface area contributed by atoms with Gasteiger partial charge in [0.25, 0.3) is 0 Å². The molecule has 29 heavy (non-hydrogen) atoms. The van der Waals surface area contributed by atoms with E-state index in [9.17, 15) is 18.0 Å². The van der Waals surface area contributed by atoms with Crippen LogP contribution in [-0.2, 0) is 12.6 Å². The molecule has 0 aliphatic rings. The third-order valence-corrected chi connectivity index (χ3v) is 5.65. The highest BCUT2D eigenvalue weighted by Gasteiger charge is 2.34. The first-order chi connectivity index (χ1) is 13.8. The Labute approximate surface area is 171 Å². The van der Waals surface area contributed by atoms with Crippen LogP contribution < -0.4 is 9.48 Å². The number of halogens is 3. The van der Waals surface area contributed by atoms with Crippen molar-refractivity contribution in [3.8, 4) is 16.9 Å². The maximum atomic E-state index is 13.8. The molecule has 0 radical (unpaired) electrons. The topological polar surface area (TPSA) is 26.3 Å². The molecule has 0 saturated heterocycles. The second-order valence-corrected chi connectivity index (χ2v) is 7.78. The number of ether oxygens (including phenoxy) is 1. The molecule has 152 valence electrons. The van der Waals surface area contributed by atoms with E-state index < -0.39 is 16.5 Å². The molecule has 3 rings (SSSR count). The molecule has 0 aliphatic carbocycles. The largest absolute Gasteiger partial charge is 0.466 e. The maximum Gasteiger partial charge on any atom is 0.417 e. The van der Waals surface area contributed by atoms with Crippen LogP contribution in [0.2, 0.25) is 0 Å². The third-order valence-electron chi connectivity index (χ3n) is 4.68. The Hall–Kier alpha value is -2.60. The van der Waals surface area contributed by atoms with Gasteiger partial charge in [-0.25, -0.2) is 0 Å². The molecule has 0 N–H and O–H groups in total. The number of rotatable bonds is 7. The fourth-order valence-corrected chi connectivity index (χ4v) is 4.14. The lowest BCUT2D eigenvalue weighted by Crippen LogP contribution is -2.11. The van der Waals surface area contributed by atoms with Crippen LogP contribution in [0, 0.1) is 0 Å². The quantitative estimate of drug-likeness (QED) is 0.299. The molecule has 0 amide bonds. The van der Waals surface area contributed by atoms with Crippen LogP contribution in [0.25, 0.3) is 21.2 Å². The van der Waals surface area contributed by atoms with Crippen LogP contribution in [0.1, 0.15) is 37.3 Å². The molecule has 1 heterocycles. The number of hydrogen-bond donors (Lipinski definition) is 0. The van der Waals surface area contributed by atoms with Crippen LogP contribution >= 0.6 is 11.3 Å². The fourth-order valence-electron chi connectivity index (χ4n) is 3.24. The van der Waals surface area contributed by atoms with Crippen molar-refractivity contribution >= 4 is 21.4 Å². The molecule has 3 aromatic rings. The summed E-state index contributed by atoms with van der Waals surface area (Å²) in [5.74, 6) is 0.517. The third kappa shape index (κ3) is 4.88. The van der Waals surface area contributed by atoms with Gasteiger partial charge < -0.3 is 4.74 Å². The van der Waals surface area contributed by atoms with Crippen LogP contribution in [-0.4, -0.2) is 0 Å². The number of aryl methyl sites for hydroxylation is 1. The molecule has 0 aliphatic heterocycles. The van der Waals surface area contributed by atoms with Gasteiger partial charge in [0, 0.05) is 10.3 Å². The van der Waals surface area contributed by atoms with Crippen molar-refractivity contribution in [2.75, 3.05) is 0 Å². The first-order valence-electron chi connectivity index (χ1n) is 9.39. The molecule has 0 saturated carbocycles. The number of fused-ring (bicyclic) bond motifs is 1. The van der Waals surface area contributed by atoms with Crippen molar-refractivity contribution < 1.29 is 17.9 Å². The Balaban J connectivity index is 2.10. The Morgan fingerprint density at radius 3 is 2.55 bits per heavy atom. The monoisotopic (exact) mass is 418 g/mol. The van der Waals surface area contributed by atoms with Crippen LogP contribution in [0.5, 0.6) is 5.75 Å². The van der Waals surface area contributed by atoms with E-state index in [-0.39, 0.29) is 11.1 Å². The van der Waals surface area contributed by atoms with Gasteiger partial charge in [-0.3, -0.25) is 4.79 Å². The Bertz CT molecular complexity index is 1080. The molecule has 2 aromatic carbocycles. The van der Waals surface area contributed by atoms with E-state index in [1.165, 1.54) is 24.5 Å². The minimum absolute atomic E-state index is 0.0623. The SMILES string of the molecule is C=COc1ccc2cc(-c3ccc(CCCCC)cc3C(F)(F)F)c(=O)sc2c1. The average molecular weight is 418 g/mol. The molecule has 0 fully saturated rings. The Kier molecular flexibility index (Phi) is 6.42. The predicted octanol–water partition coefficient (Wildman–Crippen LogP) is 7.20. The summed E-state index contributed by atoms with van der Waals surface area (Å²) >= 11 is 0.906. The van der Waals surface area contributed by atoms with E-state index in [1.54, 1.807) is 24.3 Å². The molecule has 2 nitrogen and oxygen atoms in total. The number of hydrogen-bond acceptors (Lipinski definition) is 3. The summed E-state index contributed by atoms with van der Waals surface area (Å²) in [6.45, 7) is 5.53. The highest BCUT2D eigenvalue weighted by Crippen LogP contribution is 2.38. The second kappa shape index (κ2) is 8.82. The van der Waals surface area contributed by atoms with Gasteiger partial charge in [0.1, 0.15) is 5.75 Å². The molecule has 1 aromatic heterocycles. The van der Waals surface area contributed by atoms with Crippen molar-refractivity contribution in [3.05, 3.63) is 76.0 Å². The molecule has 0 spiro atoms.